The van der Waals surface area contributed by atoms with Gasteiger partial charge in [-0.1, -0.05) is 91.0 Å². The molecule has 4 atom stereocenters. The summed E-state index contributed by atoms with van der Waals surface area (Å²) in [6.45, 7) is 8.32. The number of ether oxygens (including phenoxy) is 4. The monoisotopic (exact) mass is 527 g/mol. The van der Waals surface area contributed by atoms with Crippen molar-refractivity contribution in [2.45, 2.75) is 63.5 Å². The molecule has 5 nitrogen and oxygen atoms in total. The standard InChI is InChI=1S/C32H33NO4S/c1-21-30(38-22(2)33-21)29-28-27(36-31(3,4)37-28)26(35-29)20-34-32(23-14-8-5-9-15-23,24-16-10-6-11-17-24)25-18-12-7-13-19-25/h5-19,26-29H,20H2,1-4H3/t26-,27-,28-,29-/m1/s1. The normalized spacial score (nSPS) is 24.4. The quantitative estimate of drug-likeness (QED) is 0.250. The van der Waals surface area contributed by atoms with Crippen LogP contribution in [0.15, 0.2) is 91.0 Å². The number of hydrogen-bond acceptors (Lipinski definition) is 6. The molecule has 0 amide bonds. The molecule has 38 heavy (non-hydrogen) atoms. The van der Waals surface area contributed by atoms with Crippen LogP contribution in [0.1, 0.15) is 52.2 Å². The lowest BCUT2D eigenvalue weighted by molar-refractivity contribution is -0.196. The fraction of sp³-hybridized carbons (Fsp3) is 0.344. The van der Waals surface area contributed by atoms with Crippen LogP contribution in [0.5, 0.6) is 0 Å². The first-order chi connectivity index (χ1) is 18.4. The molecule has 0 saturated carbocycles. The van der Waals surface area contributed by atoms with Gasteiger partial charge in [0.05, 0.1) is 22.2 Å². The van der Waals surface area contributed by atoms with Crippen molar-refractivity contribution in [1.82, 2.24) is 4.98 Å². The number of fused-ring (bicyclic) bond motifs is 1. The van der Waals surface area contributed by atoms with Crippen LogP contribution in [-0.4, -0.2) is 35.7 Å². The molecule has 2 aliphatic rings. The molecular weight excluding hydrogens is 494 g/mol. The highest BCUT2D eigenvalue weighted by atomic mass is 32.1. The summed E-state index contributed by atoms with van der Waals surface area (Å²) in [5, 5.41) is 1.02. The summed E-state index contributed by atoms with van der Waals surface area (Å²) in [7, 11) is 0. The van der Waals surface area contributed by atoms with Crippen molar-refractivity contribution >= 4 is 11.3 Å². The Bertz CT molecular complexity index is 1280. The van der Waals surface area contributed by atoms with Gasteiger partial charge in [0.25, 0.3) is 0 Å². The molecule has 2 saturated heterocycles. The van der Waals surface area contributed by atoms with Crippen LogP contribution in [0.4, 0.5) is 0 Å². The summed E-state index contributed by atoms with van der Waals surface area (Å²) >= 11 is 1.66. The highest BCUT2D eigenvalue weighted by molar-refractivity contribution is 7.11. The van der Waals surface area contributed by atoms with E-state index in [1.165, 1.54) is 0 Å². The van der Waals surface area contributed by atoms with E-state index >= 15 is 0 Å². The van der Waals surface area contributed by atoms with Gasteiger partial charge >= 0.3 is 0 Å². The van der Waals surface area contributed by atoms with Gasteiger partial charge in [-0.15, -0.1) is 11.3 Å². The third kappa shape index (κ3) is 4.51. The first-order valence-electron chi connectivity index (χ1n) is 13.1. The summed E-state index contributed by atoms with van der Waals surface area (Å²) in [5.41, 5.74) is 3.33. The van der Waals surface area contributed by atoms with Gasteiger partial charge in [0.15, 0.2) is 5.79 Å². The van der Waals surface area contributed by atoms with Crippen molar-refractivity contribution in [3.8, 4) is 0 Å². The third-order valence-electron chi connectivity index (χ3n) is 7.35. The lowest BCUT2D eigenvalue weighted by atomic mass is 9.80. The summed E-state index contributed by atoms with van der Waals surface area (Å²) in [4.78, 5) is 5.75. The summed E-state index contributed by atoms with van der Waals surface area (Å²) in [5.74, 6) is -0.696. The SMILES string of the molecule is Cc1nc(C)c([C@@H]2O[C@H](COC(c3ccccc3)(c3ccccc3)c3ccccc3)[C@H]3OC(C)(C)O[C@H]32)s1. The molecule has 0 spiro atoms. The van der Waals surface area contributed by atoms with Crippen LogP contribution < -0.4 is 0 Å². The molecule has 1 aromatic heterocycles. The molecule has 0 unspecified atom stereocenters. The van der Waals surface area contributed by atoms with Crippen LogP contribution in [0.2, 0.25) is 0 Å². The van der Waals surface area contributed by atoms with Gasteiger partial charge in [-0.2, -0.15) is 0 Å². The minimum Gasteiger partial charge on any atom is -0.361 e. The Morgan fingerprint density at radius 3 is 1.76 bits per heavy atom. The van der Waals surface area contributed by atoms with Gasteiger partial charge in [0.2, 0.25) is 0 Å². The maximum Gasteiger partial charge on any atom is 0.164 e. The van der Waals surface area contributed by atoms with E-state index in [0.29, 0.717) is 6.61 Å². The predicted molar refractivity (Wildman–Crippen MR) is 148 cm³/mol. The minimum atomic E-state index is -0.827. The molecule has 3 aromatic carbocycles. The van der Waals surface area contributed by atoms with Crippen molar-refractivity contribution in [3.63, 3.8) is 0 Å². The Labute approximate surface area is 228 Å². The van der Waals surface area contributed by atoms with Gasteiger partial charge in [-0.25, -0.2) is 4.98 Å². The molecule has 4 aromatic rings. The van der Waals surface area contributed by atoms with Crippen molar-refractivity contribution in [2.75, 3.05) is 6.61 Å². The van der Waals surface area contributed by atoms with Gasteiger partial charge in [0, 0.05) is 0 Å². The number of benzene rings is 3. The zero-order valence-corrected chi connectivity index (χ0v) is 23.0. The first-order valence-corrected chi connectivity index (χ1v) is 13.9. The topological polar surface area (TPSA) is 49.8 Å². The molecule has 0 N–H and O–H groups in total. The highest BCUT2D eigenvalue weighted by Crippen LogP contribution is 2.48. The van der Waals surface area contributed by atoms with Crippen LogP contribution in [0.3, 0.4) is 0 Å². The fourth-order valence-electron chi connectivity index (χ4n) is 5.81. The molecule has 0 bridgehead atoms. The summed E-state index contributed by atoms with van der Waals surface area (Å²) in [6, 6.07) is 31.2. The predicted octanol–water partition coefficient (Wildman–Crippen LogP) is 6.73. The van der Waals surface area contributed by atoms with E-state index < -0.39 is 11.4 Å². The van der Waals surface area contributed by atoms with Gasteiger partial charge in [-0.05, 0) is 44.4 Å². The minimum absolute atomic E-state index is 0.225. The lowest BCUT2D eigenvalue weighted by Gasteiger charge is -2.37. The molecule has 2 aliphatic heterocycles. The van der Waals surface area contributed by atoms with Crippen molar-refractivity contribution in [2.24, 2.45) is 0 Å². The van der Waals surface area contributed by atoms with Crippen LogP contribution in [-0.2, 0) is 24.5 Å². The van der Waals surface area contributed by atoms with E-state index in [-0.39, 0.29) is 24.4 Å². The van der Waals surface area contributed by atoms with E-state index in [4.69, 9.17) is 18.9 Å². The molecule has 0 radical (unpaired) electrons. The van der Waals surface area contributed by atoms with E-state index in [1.807, 2.05) is 45.9 Å². The smallest absolute Gasteiger partial charge is 0.164 e. The maximum atomic E-state index is 7.10. The number of aromatic nitrogens is 1. The number of thiazole rings is 1. The molecular formula is C32H33NO4S. The van der Waals surface area contributed by atoms with Gasteiger partial charge in [0.1, 0.15) is 30.0 Å². The lowest BCUT2D eigenvalue weighted by Crippen LogP contribution is -2.39. The Morgan fingerprint density at radius 2 is 1.29 bits per heavy atom. The van der Waals surface area contributed by atoms with E-state index in [1.54, 1.807) is 11.3 Å². The van der Waals surface area contributed by atoms with E-state index in [0.717, 1.165) is 32.3 Å². The second-order valence-electron chi connectivity index (χ2n) is 10.4. The second kappa shape index (κ2) is 10.0. The second-order valence-corrected chi connectivity index (χ2v) is 11.7. The number of aryl methyl sites for hydroxylation is 2. The van der Waals surface area contributed by atoms with Crippen LogP contribution >= 0.6 is 11.3 Å². The van der Waals surface area contributed by atoms with Gasteiger partial charge in [-0.3, -0.25) is 0 Å². The fourth-order valence-corrected chi connectivity index (χ4v) is 6.81. The summed E-state index contributed by atoms with van der Waals surface area (Å²) in [6.07, 6.45) is -1.04. The molecule has 2 fully saturated rings. The Morgan fingerprint density at radius 1 is 0.789 bits per heavy atom. The zero-order chi connectivity index (χ0) is 26.3. The van der Waals surface area contributed by atoms with E-state index in [9.17, 15) is 0 Å². The zero-order valence-electron chi connectivity index (χ0n) is 22.2. The Balaban J connectivity index is 1.40. The molecule has 6 heteroatoms. The van der Waals surface area contributed by atoms with Crippen LogP contribution in [0.25, 0.3) is 0 Å². The molecule has 0 aliphatic carbocycles. The van der Waals surface area contributed by atoms with Crippen molar-refractivity contribution in [1.29, 1.82) is 0 Å². The molecule has 3 heterocycles. The highest BCUT2D eigenvalue weighted by Gasteiger charge is 2.57. The number of hydrogen-bond donors (Lipinski definition) is 0. The Kier molecular flexibility index (Phi) is 6.70. The summed E-state index contributed by atoms with van der Waals surface area (Å²) < 4.78 is 26.6. The molecule has 6 rings (SSSR count). The maximum absolute atomic E-state index is 7.10. The van der Waals surface area contributed by atoms with Gasteiger partial charge < -0.3 is 18.9 Å². The largest absolute Gasteiger partial charge is 0.361 e. The van der Waals surface area contributed by atoms with Crippen molar-refractivity contribution < 1.29 is 18.9 Å². The first kappa shape index (κ1) is 25.4. The van der Waals surface area contributed by atoms with Crippen molar-refractivity contribution in [3.05, 3.63) is 123 Å². The third-order valence-corrected chi connectivity index (χ3v) is 8.49. The van der Waals surface area contributed by atoms with E-state index in [2.05, 4.69) is 77.8 Å². The van der Waals surface area contributed by atoms with Crippen LogP contribution in [0, 0.1) is 13.8 Å². The Hall–Kier alpha value is -2.87. The average molecular weight is 528 g/mol. The average Bonchev–Trinajstić information content (AvgIpc) is 3.55. The number of nitrogens with zero attached hydrogens (tertiary/aromatic N) is 1. The number of rotatable bonds is 7. The molecule has 196 valence electrons.